The van der Waals surface area contributed by atoms with Gasteiger partial charge in [0.2, 0.25) is 0 Å². The van der Waals surface area contributed by atoms with Crippen molar-refractivity contribution in [2.75, 3.05) is 6.61 Å². The summed E-state index contributed by atoms with van der Waals surface area (Å²) >= 11 is 0. The molecule has 0 spiro atoms. The molecule has 0 saturated heterocycles. The van der Waals surface area contributed by atoms with Crippen molar-refractivity contribution in [3.63, 3.8) is 0 Å². The predicted molar refractivity (Wildman–Crippen MR) is 71.2 cm³/mol. The highest BCUT2D eigenvalue weighted by atomic mass is 16.6. The van der Waals surface area contributed by atoms with E-state index in [4.69, 9.17) is 4.74 Å². The summed E-state index contributed by atoms with van der Waals surface area (Å²) in [6, 6.07) is 4.90. The molecule has 0 N–H and O–H groups in total. The molecule has 0 fully saturated rings. The topological polar surface area (TPSA) is 70.2 Å². The minimum Gasteiger partial charge on any atom is -0.487 e. The van der Waals surface area contributed by atoms with Gasteiger partial charge < -0.3 is 9.30 Å². The molecule has 0 aliphatic rings. The van der Waals surface area contributed by atoms with Gasteiger partial charge in [0.05, 0.1) is 11.5 Å². The van der Waals surface area contributed by atoms with Crippen molar-refractivity contribution < 1.29 is 9.66 Å². The molecule has 0 amide bonds. The SMILES string of the molecule is CCOc1ccc(-c2nccn2CC)cc1[N+](=O)[O-]. The Morgan fingerprint density at radius 1 is 1.42 bits per heavy atom. The fraction of sp³-hybridized carbons (Fsp3) is 0.308. The Kier molecular flexibility index (Phi) is 3.79. The van der Waals surface area contributed by atoms with Gasteiger partial charge in [-0.1, -0.05) is 0 Å². The maximum atomic E-state index is 11.1. The number of imidazole rings is 1. The third-order valence-corrected chi connectivity index (χ3v) is 2.77. The van der Waals surface area contributed by atoms with Crippen LogP contribution in [0.5, 0.6) is 5.75 Å². The number of hydrogen-bond acceptors (Lipinski definition) is 4. The van der Waals surface area contributed by atoms with Crippen molar-refractivity contribution in [1.82, 2.24) is 9.55 Å². The van der Waals surface area contributed by atoms with E-state index in [1.54, 1.807) is 25.3 Å². The zero-order chi connectivity index (χ0) is 13.8. The number of nitro benzene ring substituents is 1. The third kappa shape index (κ3) is 2.57. The van der Waals surface area contributed by atoms with Crippen LogP contribution < -0.4 is 4.74 Å². The molecule has 6 heteroatoms. The molecule has 0 aliphatic heterocycles. The summed E-state index contributed by atoms with van der Waals surface area (Å²) in [5, 5.41) is 11.1. The number of nitrogens with zero attached hydrogens (tertiary/aromatic N) is 3. The second-order valence-electron chi connectivity index (χ2n) is 3.91. The molecule has 1 heterocycles. The average molecular weight is 261 g/mol. The first-order valence-electron chi connectivity index (χ1n) is 6.10. The summed E-state index contributed by atoms with van der Waals surface area (Å²) in [6.07, 6.45) is 3.53. The van der Waals surface area contributed by atoms with E-state index in [1.807, 2.05) is 17.7 Å². The van der Waals surface area contributed by atoms with Crippen molar-refractivity contribution in [3.8, 4) is 17.1 Å². The number of aromatic nitrogens is 2. The zero-order valence-electron chi connectivity index (χ0n) is 10.9. The van der Waals surface area contributed by atoms with Gasteiger partial charge in [-0.05, 0) is 26.0 Å². The lowest BCUT2D eigenvalue weighted by Crippen LogP contribution is -2.00. The first kappa shape index (κ1) is 13.1. The van der Waals surface area contributed by atoms with E-state index in [2.05, 4.69) is 4.98 Å². The van der Waals surface area contributed by atoms with Crippen molar-refractivity contribution in [2.24, 2.45) is 0 Å². The predicted octanol–water partition coefficient (Wildman–Crippen LogP) is 2.88. The first-order valence-corrected chi connectivity index (χ1v) is 6.10. The van der Waals surface area contributed by atoms with Crippen LogP contribution in [0, 0.1) is 10.1 Å². The second-order valence-corrected chi connectivity index (χ2v) is 3.91. The summed E-state index contributed by atoms with van der Waals surface area (Å²) in [4.78, 5) is 14.9. The third-order valence-electron chi connectivity index (χ3n) is 2.77. The quantitative estimate of drug-likeness (QED) is 0.613. The van der Waals surface area contributed by atoms with Crippen LogP contribution in [0.15, 0.2) is 30.6 Å². The minimum absolute atomic E-state index is 0.0370. The van der Waals surface area contributed by atoms with E-state index >= 15 is 0 Å². The van der Waals surface area contributed by atoms with Crippen LogP contribution in [0.1, 0.15) is 13.8 Å². The van der Waals surface area contributed by atoms with Gasteiger partial charge in [0.15, 0.2) is 5.75 Å². The lowest BCUT2D eigenvalue weighted by atomic mass is 10.1. The van der Waals surface area contributed by atoms with Crippen LogP contribution in [0.4, 0.5) is 5.69 Å². The van der Waals surface area contributed by atoms with Crippen molar-refractivity contribution in [3.05, 3.63) is 40.7 Å². The monoisotopic (exact) mass is 261 g/mol. The number of rotatable bonds is 5. The van der Waals surface area contributed by atoms with Gasteiger partial charge in [-0.25, -0.2) is 4.98 Å². The molecule has 2 rings (SSSR count). The highest BCUT2D eigenvalue weighted by Crippen LogP contribution is 2.31. The Hall–Kier alpha value is -2.37. The lowest BCUT2D eigenvalue weighted by molar-refractivity contribution is -0.385. The zero-order valence-corrected chi connectivity index (χ0v) is 10.9. The van der Waals surface area contributed by atoms with E-state index in [-0.39, 0.29) is 11.4 Å². The second kappa shape index (κ2) is 5.51. The van der Waals surface area contributed by atoms with Crippen LogP contribution in [0.2, 0.25) is 0 Å². The maximum absolute atomic E-state index is 11.1. The Balaban J connectivity index is 2.49. The molecule has 0 saturated carbocycles. The normalized spacial score (nSPS) is 10.4. The lowest BCUT2D eigenvalue weighted by Gasteiger charge is -2.07. The fourth-order valence-electron chi connectivity index (χ4n) is 1.90. The summed E-state index contributed by atoms with van der Waals surface area (Å²) in [5.41, 5.74) is 0.673. The van der Waals surface area contributed by atoms with Gasteiger partial charge in [0, 0.05) is 30.6 Å². The standard InChI is InChI=1S/C13H15N3O3/c1-3-15-8-7-14-13(15)10-5-6-12(19-4-2)11(9-10)16(17)18/h5-9H,3-4H2,1-2H3. The molecule has 1 aromatic heterocycles. The van der Waals surface area contributed by atoms with Crippen molar-refractivity contribution in [2.45, 2.75) is 20.4 Å². The summed E-state index contributed by atoms with van der Waals surface area (Å²) in [7, 11) is 0. The highest BCUT2D eigenvalue weighted by Gasteiger charge is 2.17. The van der Waals surface area contributed by atoms with Gasteiger partial charge in [-0.3, -0.25) is 10.1 Å². The Morgan fingerprint density at radius 3 is 2.84 bits per heavy atom. The van der Waals surface area contributed by atoms with Crippen molar-refractivity contribution >= 4 is 5.69 Å². The summed E-state index contributed by atoms with van der Waals surface area (Å²) in [6.45, 7) is 4.94. The Bertz CT molecular complexity index is 593. The van der Waals surface area contributed by atoms with Crippen LogP contribution in [-0.4, -0.2) is 21.1 Å². The number of benzene rings is 1. The Morgan fingerprint density at radius 2 is 2.21 bits per heavy atom. The van der Waals surface area contributed by atoms with E-state index < -0.39 is 4.92 Å². The van der Waals surface area contributed by atoms with Gasteiger partial charge in [-0.2, -0.15) is 0 Å². The number of ether oxygens (including phenoxy) is 1. The number of hydrogen-bond donors (Lipinski definition) is 0. The maximum Gasteiger partial charge on any atom is 0.311 e. The molecule has 0 radical (unpaired) electrons. The number of aryl methyl sites for hydroxylation is 1. The summed E-state index contributed by atoms with van der Waals surface area (Å²) in [5.74, 6) is 1.000. The van der Waals surface area contributed by atoms with Gasteiger partial charge in [-0.15, -0.1) is 0 Å². The smallest absolute Gasteiger partial charge is 0.311 e. The fourth-order valence-corrected chi connectivity index (χ4v) is 1.90. The molecule has 100 valence electrons. The molecule has 0 bridgehead atoms. The first-order chi connectivity index (χ1) is 9.17. The molecule has 0 atom stereocenters. The highest BCUT2D eigenvalue weighted by molar-refractivity contribution is 5.64. The van der Waals surface area contributed by atoms with E-state index in [0.29, 0.717) is 18.0 Å². The largest absolute Gasteiger partial charge is 0.487 e. The molecule has 0 aliphatic carbocycles. The van der Waals surface area contributed by atoms with Crippen molar-refractivity contribution in [1.29, 1.82) is 0 Å². The average Bonchev–Trinajstić information content (AvgIpc) is 2.87. The molecule has 0 unspecified atom stereocenters. The van der Waals surface area contributed by atoms with Gasteiger partial charge >= 0.3 is 5.69 Å². The van der Waals surface area contributed by atoms with Gasteiger partial charge in [0.25, 0.3) is 0 Å². The van der Waals surface area contributed by atoms with E-state index in [1.165, 1.54) is 6.07 Å². The molecular formula is C13H15N3O3. The number of nitro groups is 1. The van der Waals surface area contributed by atoms with Crippen LogP contribution in [0.3, 0.4) is 0 Å². The summed E-state index contributed by atoms with van der Waals surface area (Å²) < 4.78 is 7.19. The van der Waals surface area contributed by atoms with Crippen LogP contribution in [-0.2, 0) is 6.54 Å². The minimum atomic E-state index is -0.437. The van der Waals surface area contributed by atoms with Gasteiger partial charge in [0.1, 0.15) is 5.82 Å². The Labute approximate surface area is 110 Å². The van der Waals surface area contributed by atoms with Crippen LogP contribution >= 0.6 is 0 Å². The molecular weight excluding hydrogens is 246 g/mol. The molecule has 2 aromatic rings. The van der Waals surface area contributed by atoms with E-state index in [0.717, 1.165) is 6.54 Å². The molecule has 6 nitrogen and oxygen atoms in total. The van der Waals surface area contributed by atoms with Crippen LogP contribution in [0.25, 0.3) is 11.4 Å². The molecule has 19 heavy (non-hydrogen) atoms. The molecule has 1 aromatic carbocycles. The van der Waals surface area contributed by atoms with E-state index in [9.17, 15) is 10.1 Å².